The first-order valence-electron chi connectivity index (χ1n) is 9.18. The van der Waals surface area contributed by atoms with Crippen LogP contribution in [0.1, 0.15) is 16.9 Å². The molecular weight excluding hydrogens is 448 g/mol. The van der Waals surface area contributed by atoms with E-state index in [4.69, 9.17) is 4.42 Å². The van der Waals surface area contributed by atoms with Crippen molar-refractivity contribution in [1.82, 2.24) is 5.32 Å². The first-order chi connectivity index (χ1) is 14.3. The maximum Gasteiger partial charge on any atom is 0.335 e. The van der Waals surface area contributed by atoms with Crippen LogP contribution in [0.2, 0.25) is 0 Å². The Morgan fingerprint density at radius 1 is 0.933 bits per heavy atom. The number of carbonyl (C=O) groups excluding carboxylic acids is 3. The number of nitrogens with one attached hydrogen (secondary N) is 1. The number of hydrogen-bond acceptors (Lipinski definition) is 4. The molecule has 6 nitrogen and oxygen atoms in total. The second-order valence-electron chi connectivity index (χ2n) is 6.98. The van der Waals surface area contributed by atoms with Gasteiger partial charge in [-0.1, -0.05) is 39.7 Å². The van der Waals surface area contributed by atoms with Gasteiger partial charge >= 0.3 is 6.03 Å². The van der Waals surface area contributed by atoms with Gasteiger partial charge in [0.15, 0.2) is 0 Å². The van der Waals surface area contributed by atoms with Crippen LogP contribution < -0.4 is 10.2 Å². The second kappa shape index (κ2) is 7.76. The molecule has 0 saturated carbocycles. The molecule has 2 aromatic carbocycles. The molecule has 4 amide bonds. The minimum Gasteiger partial charge on any atom is -0.457 e. The van der Waals surface area contributed by atoms with Gasteiger partial charge in [0.05, 0.1) is 5.69 Å². The highest BCUT2D eigenvalue weighted by Crippen LogP contribution is 2.31. The van der Waals surface area contributed by atoms with Gasteiger partial charge in [-0.05, 0) is 61.9 Å². The molecule has 3 aromatic rings. The Morgan fingerprint density at radius 2 is 1.63 bits per heavy atom. The normalized spacial score (nSPS) is 15.6. The number of halogens is 1. The van der Waals surface area contributed by atoms with Gasteiger partial charge in [-0.3, -0.25) is 14.9 Å². The van der Waals surface area contributed by atoms with Gasteiger partial charge in [-0.2, -0.15) is 0 Å². The van der Waals surface area contributed by atoms with Gasteiger partial charge in [0.2, 0.25) is 0 Å². The zero-order valence-corrected chi connectivity index (χ0v) is 17.8. The SMILES string of the molecule is Cc1ccc(N2C(=O)NC(=O)/C(=C/c3ccc(-c4ccc(C)cc4Br)o3)C2=O)cc1. The Hall–Kier alpha value is -3.45. The fourth-order valence-corrected chi connectivity index (χ4v) is 3.81. The van der Waals surface area contributed by atoms with E-state index in [-0.39, 0.29) is 5.57 Å². The molecule has 2 heterocycles. The highest BCUT2D eigenvalue weighted by molar-refractivity contribution is 9.10. The molecule has 1 aliphatic heterocycles. The van der Waals surface area contributed by atoms with E-state index in [9.17, 15) is 14.4 Å². The lowest BCUT2D eigenvalue weighted by Crippen LogP contribution is -2.54. The molecule has 0 aliphatic carbocycles. The maximum atomic E-state index is 12.9. The van der Waals surface area contributed by atoms with Crippen molar-refractivity contribution in [2.45, 2.75) is 13.8 Å². The van der Waals surface area contributed by atoms with Gasteiger partial charge in [-0.15, -0.1) is 0 Å². The van der Waals surface area contributed by atoms with Crippen LogP contribution >= 0.6 is 15.9 Å². The summed E-state index contributed by atoms with van der Waals surface area (Å²) in [6.45, 7) is 3.89. The highest BCUT2D eigenvalue weighted by atomic mass is 79.9. The summed E-state index contributed by atoms with van der Waals surface area (Å²) in [6.07, 6.45) is 1.34. The molecule has 0 spiro atoms. The fourth-order valence-electron chi connectivity index (χ4n) is 3.12. The third kappa shape index (κ3) is 3.71. The number of nitrogens with zero attached hydrogens (tertiary/aromatic N) is 1. The molecule has 30 heavy (non-hydrogen) atoms. The van der Waals surface area contributed by atoms with Gasteiger partial charge < -0.3 is 4.42 Å². The van der Waals surface area contributed by atoms with Crippen molar-refractivity contribution < 1.29 is 18.8 Å². The summed E-state index contributed by atoms with van der Waals surface area (Å²) >= 11 is 3.52. The summed E-state index contributed by atoms with van der Waals surface area (Å²) in [5, 5.41) is 2.21. The number of imide groups is 2. The zero-order chi connectivity index (χ0) is 21.4. The lowest BCUT2D eigenvalue weighted by molar-refractivity contribution is -0.122. The largest absolute Gasteiger partial charge is 0.457 e. The van der Waals surface area contributed by atoms with Crippen LogP contribution in [0.4, 0.5) is 10.5 Å². The minimum absolute atomic E-state index is 0.181. The zero-order valence-electron chi connectivity index (χ0n) is 16.2. The molecule has 7 heteroatoms. The van der Waals surface area contributed by atoms with Crippen molar-refractivity contribution in [3.8, 4) is 11.3 Å². The third-order valence-electron chi connectivity index (χ3n) is 4.70. The predicted molar refractivity (Wildman–Crippen MR) is 117 cm³/mol. The van der Waals surface area contributed by atoms with Gasteiger partial charge in [0, 0.05) is 10.0 Å². The summed E-state index contributed by atoms with van der Waals surface area (Å²) in [4.78, 5) is 38.5. The third-order valence-corrected chi connectivity index (χ3v) is 5.35. The standard InChI is InChI=1S/C23H17BrN2O4/c1-13-3-6-15(7-4-13)26-22(28)18(21(27)25-23(26)29)12-16-8-10-20(30-16)17-9-5-14(2)11-19(17)24/h3-12H,1-2H3,(H,25,27,29)/b18-12-. The number of carbonyl (C=O) groups is 3. The maximum absolute atomic E-state index is 12.9. The van der Waals surface area contributed by atoms with E-state index in [2.05, 4.69) is 21.2 Å². The van der Waals surface area contributed by atoms with Crippen LogP contribution in [0.25, 0.3) is 17.4 Å². The van der Waals surface area contributed by atoms with Crippen molar-refractivity contribution in [1.29, 1.82) is 0 Å². The number of benzene rings is 2. The fraction of sp³-hybridized carbons (Fsp3) is 0.0870. The van der Waals surface area contributed by atoms with Crippen LogP contribution in [0, 0.1) is 13.8 Å². The molecule has 0 unspecified atom stereocenters. The number of rotatable bonds is 3. The Morgan fingerprint density at radius 3 is 2.33 bits per heavy atom. The molecule has 1 aliphatic rings. The molecule has 0 bridgehead atoms. The predicted octanol–water partition coefficient (Wildman–Crippen LogP) is 4.99. The van der Waals surface area contributed by atoms with E-state index in [1.165, 1.54) is 6.08 Å². The van der Waals surface area contributed by atoms with E-state index in [0.29, 0.717) is 17.2 Å². The van der Waals surface area contributed by atoms with E-state index in [1.54, 1.807) is 36.4 Å². The van der Waals surface area contributed by atoms with Crippen LogP contribution in [0.5, 0.6) is 0 Å². The number of amides is 4. The van der Waals surface area contributed by atoms with Crippen LogP contribution in [-0.2, 0) is 9.59 Å². The molecule has 1 fully saturated rings. The van der Waals surface area contributed by atoms with Crippen molar-refractivity contribution in [3.63, 3.8) is 0 Å². The molecular formula is C23H17BrN2O4. The Labute approximate surface area is 181 Å². The Balaban J connectivity index is 1.68. The van der Waals surface area contributed by atoms with E-state index < -0.39 is 17.8 Å². The number of urea groups is 1. The highest BCUT2D eigenvalue weighted by Gasteiger charge is 2.37. The smallest absolute Gasteiger partial charge is 0.335 e. The van der Waals surface area contributed by atoms with Crippen molar-refractivity contribution >= 4 is 45.5 Å². The van der Waals surface area contributed by atoms with Crippen LogP contribution in [0.3, 0.4) is 0 Å². The number of barbiturate groups is 1. The van der Waals surface area contributed by atoms with Crippen molar-refractivity contribution in [3.05, 3.63) is 81.5 Å². The first-order valence-corrected chi connectivity index (χ1v) is 9.97. The minimum atomic E-state index is -0.783. The molecule has 4 rings (SSSR count). The van der Waals surface area contributed by atoms with Gasteiger partial charge in [0.1, 0.15) is 17.1 Å². The molecule has 0 atom stereocenters. The van der Waals surface area contributed by atoms with E-state index >= 15 is 0 Å². The Bertz CT molecular complexity index is 1210. The number of anilines is 1. The lowest BCUT2D eigenvalue weighted by atomic mass is 10.1. The number of hydrogen-bond donors (Lipinski definition) is 1. The van der Waals surface area contributed by atoms with E-state index in [0.717, 1.165) is 26.1 Å². The summed E-state index contributed by atoms with van der Waals surface area (Å²) in [6, 6.07) is 15.4. The van der Waals surface area contributed by atoms with Gasteiger partial charge in [-0.25, -0.2) is 9.69 Å². The van der Waals surface area contributed by atoms with Crippen LogP contribution in [-0.4, -0.2) is 17.8 Å². The monoisotopic (exact) mass is 464 g/mol. The molecule has 150 valence electrons. The topological polar surface area (TPSA) is 79.6 Å². The van der Waals surface area contributed by atoms with E-state index in [1.807, 2.05) is 32.0 Å². The van der Waals surface area contributed by atoms with Gasteiger partial charge in [0.25, 0.3) is 11.8 Å². The molecule has 1 aromatic heterocycles. The summed E-state index contributed by atoms with van der Waals surface area (Å²) in [5.74, 6) is -0.553. The quantitative estimate of drug-likeness (QED) is 0.437. The molecule has 0 radical (unpaired) electrons. The van der Waals surface area contributed by atoms with Crippen molar-refractivity contribution in [2.24, 2.45) is 0 Å². The summed E-state index contributed by atoms with van der Waals surface area (Å²) in [7, 11) is 0. The Kier molecular flexibility index (Phi) is 5.13. The average molecular weight is 465 g/mol. The summed E-state index contributed by atoms with van der Waals surface area (Å²) in [5.41, 5.74) is 3.14. The van der Waals surface area contributed by atoms with Crippen LogP contribution in [0.15, 0.2) is 69.1 Å². The summed E-state index contributed by atoms with van der Waals surface area (Å²) < 4.78 is 6.71. The lowest BCUT2D eigenvalue weighted by Gasteiger charge is -2.26. The average Bonchev–Trinajstić information content (AvgIpc) is 3.15. The van der Waals surface area contributed by atoms with Crippen molar-refractivity contribution in [2.75, 3.05) is 4.90 Å². The second-order valence-corrected chi connectivity index (χ2v) is 7.83. The number of aryl methyl sites for hydroxylation is 2. The molecule has 1 saturated heterocycles. The first kappa shape index (κ1) is 19.8. The number of furan rings is 1. The molecule has 1 N–H and O–H groups in total.